The summed E-state index contributed by atoms with van der Waals surface area (Å²) in [5.41, 5.74) is 7.37. The van der Waals surface area contributed by atoms with Crippen molar-refractivity contribution in [1.82, 2.24) is 9.88 Å². The third-order valence-corrected chi connectivity index (χ3v) is 4.22. The number of thiazole rings is 1. The summed E-state index contributed by atoms with van der Waals surface area (Å²) in [5, 5.41) is 2.58. The van der Waals surface area contributed by atoms with Gasteiger partial charge in [-0.3, -0.25) is 4.79 Å². The summed E-state index contributed by atoms with van der Waals surface area (Å²) in [6.45, 7) is 1.14. The van der Waals surface area contributed by atoms with Crippen LogP contribution in [0.1, 0.15) is 33.9 Å². The van der Waals surface area contributed by atoms with Crippen molar-refractivity contribution in [2.75, 3.05) is 13.6 Å². The van der Waals surface area contributed by atoms with Gasteiger partial charge in [-0.15, -0.1) is 23.7 Å². The van der Waals surface area contributed by atoms with E-state index in [1.807, 2.05) is 13.1 Å². The molecule has 1 aromatic carbocycles. The molecule has 1 aromatic heterocycles. The Balaban J connectivity index is 0.00000242. The summed E-state index contributed by atoms with van der Waals surface area (Å²) in [5.74, 6) is -0.0225. The minimum absolute atomic E-state index is 0. The molecule has 0 atom stereocenters. The standard InChI is InChI=1S/C16H21N3OS.ClH/c1-19(16(20)14-12-21-15(11-17)18-14)10-6-5-9-13-7-3-2-4-8-13;/h2-4,7-8,12H,5-6,9-11,17H2,1H3;1H. The van der Waals surface area contributed by atoms with Crippen LogP contribution in [-0.4, -0.2) is 29.4 Å². The second kappa shape index (κ2) is 9.56. The number of carbonyl (C=O) groups is 1. The molecule has 0 unspecified atom stereocenters. The minimum Gasteiger partial charge on any atom is -0.340 e. The van der Waals surface area contributed by atoms with Gasteiger partial charge in [-0.1, -0.05) is 30.3 Å². The molecule has 0 aliphatic rings. The molecule has 0 fully saturated rings. The molecule has 120 valence electrons. The van der Waals surface area contributed by atoms with Gasteiger partial charge >= 0.3 is 0 Å². The predicted octanol–water partition coefficient (Wildman–Crippen LogP) is 3.12. The highest BCUT2D eigenvalue weighted by Crippen LogP contribution is 2.11. The first-order valence-corrected chi connectivity index (χ1v) is 8.02. The Morgan fingerprint density at radius 1 is 1.27 bits per heavy atom. The molecule has 0 aliphatic heterocycles. The molecule has 0 saturated carbocycles. The lowest BCUT2D eigenvalue weighted by atomic mass is 10.1. The first-order chi connectivity index (χ1) is 10.2. The van der Waals surface area contributed by atoms with Crippen molar-refractivity contribution in [2.24, 2.45) is 5.73 Å². The second-order valence-electron chi connectivity index (χ2n) is 5.00. The Hall–Kier alpha value is -1.43. The molecule has 4 nitrogen and oxygen atoms in total. The van der Waals surface area contributed by atoms with Crippen LogP contribution in [0.3, 0.4) is 0 Å². The lowest BCUT2D eigenvalue weighted by molar-refractivity contribution is 0.0787. The fourth-order valence-corrected chi connectivity index (χ4v) is 2.77. The number of halogens is 1. The molecule has 2 aromatic rings. The number of unbranched alkanes of at least 4 members (excludes halogenated alkanes) is 1. The topological polar surface area (TPSA) is 59.2 Å². The van der Waals surface area contributed by atoms with E-state index in [0.29, 0.717) is 12.2 Å². The van der Waals surface area contributed by atoms with Crippen LogP contribution in [0.25, 0.3) is 0 Å². The third kappa shape index (κ3) is 5.40. The van der Waals surface area contributed by atoms with Gasteiger partial charge in [-0.05, 0) is 24.8 Å². The number of amides is 1. The SMILES string of the molecule is CN(CCCCc1ccccc1)C(=O)c1csc(CN)n1.Cl. The fourth-order valence-electron chi connectivity index (χ4n) is 2.12. The van der Waals surface area contributed by atoms with Crippen molar-refractivity contribution >= 4 is 29.7 Å². The Bertz CT molecular complexity index is 574. The van der Waals surface area contributed by atoms with Gasteiger partial charge in [0.25, 0.3) is 5.91 Å². The number of benzene rings is 1. The normalized spacial score (nSPS) is 10.1. The number of rotatable bonds is 7. The van der Waals surface area contributed by atoms with Crippen molar-refractivity contribution in [1.29, 1.82) is 0 Å². The molecule has 0 bridgehead atoms. The summed E-state index contributed by atoms with van der Waals surface area (Å²) in [6.07, 6.45) is 3.12. The molecule has 0 saturated heterocycles. The lowest BCUT2D eigenvalue weighted by Gasteiger charge is -2.15. The number of carbonyl (C=O) groups excluding carboxylic acids is 1. The average molecular weight is 340 g/mol. The zero-order valence-corrected chi connectivity index (χ0v) is 14.3. The van der Waals surface area contributed by atoms with E-state index in [0.717, 1.165) is 30.8 Å². The molecule has 2 rings (SSSR count). The first kappa shape index (κ1) is 18.6. The highest BCUT2D eigenvalue weighted by Gasteiger charge is 2.14. The highest BCUT2D eigenvalue weighted by atomic mass is 35.5. The van der Waals surface area contributed by atoms with E-state index < -0.39 is 0 Å². The number of nitrogens with two attached hydrogens (primary N) is 1. The van der Waals surface area contributed by atoms with Crippen molar-refractivity contribution in [3.05, 3.63) is 52.0 Å². The molecule has 2 N–H and O–H groups in total. The van der Waals surface area contributed by atoms with E-state index >= 15 is 0 Å². The zero-order chi connectivity index (χ0) is 15.1. The summed E-state index contributed by atoms with van der Waals surface area (Å²) in [7, 11) is 1.83. The van der Waals surface area contributed by atoms with Gasteiger partial charge in [0.1, 0.15) is 10.7 Å². The summed E-state index contributed by atoms with van der Waals surface area (Å²) in [4.78, 5) is 18.1. The van der Waals surface area contributed by atoms with E-state index in [2.05, 4.69) is 29.2 Å². The van der Waals surface area contributed by atoms with E-state index in [4.69, 9.17) is 5.73 Å². The average Bonchev–Trinajstić information content (AvgIpc) is 3.00. The number of aromatic nitrogens is 1. The van der Waals surface area contributed by atoms with Gasteiger partial charge in [-0.25, -0.2) is 4.98 Å². The van der Waals surface area contributed by atoms with Gasteiger partial charge in [0.2, 0.25) is 0 Å². The highest BCUT2D eigenvalue weighted by molar-refractivity contribution is 7.09. The van der Waals surface area contributed by atoms with Crippen molar-refractivity contribution in [3.8, 4) is 0 Å². The summed E-state index contributed by atoms with van der Waals surface area (Å²) >= 11 is 1.44. The van der Waals surface area contributed by atoms with E-state index in [9.17, 15) is 4.79 Å². The maximum absolute atomic E-state index is 12.2. The van der Waals surface area contributed by atoms with Crippen LogP contribution in [0.15, 0.2) is 35.7 Å². The molecule has 0 radical (unpaired) electrons. The van der Waals surface area contributed by atoms with E-state index in [1.165, 1.54) is 16.9 Å². The quantitative estimate of drug-likeness (QED) is 0.788. The Labute approximate surface area is 141 Å². The van der Waals surface area contributed by atoms with Gasteiger partial charge in [0.05, 0.1) is 0 Å². The maximum Gasteiger partial charge on any atom is 0.273 e. The zero-order valence-electron chi connectivity index (χ0n) is 12.7. The Morgan fingerprint density at radius 2 is 2.00 bits per heavy atom. The molecular weight excluding hydrogens is 318 g/mol. The minimum atomic E-state index is -0.0225. The molecule has 6 heteroatoms. The van der Waals surface area contributed by atoms with Gasteiger partial charge in [-0.2, -0.15) is 0 Å². The first-order valence-electron chi connectivity index (χ1n) is 7.14. The van der Waals surface area contributed by atoms with E-state index in [-0.39, 0.29) is 18.3 Å². The fraction of sp³-hybridized carbons (Fsp3) is 0.375. The molecule has 0 aliphatic carbocycles. The summed E-state index contributed by atoms with van der Waals surface area (Å²) < 4.78 is 0. The van der Waals surface area contributed by atoms with Crippen LogP contribution in [0.5, 0.6) is 0 Å². The number of hydrogen-bond acceptors (Lipinski definition) is 4. The largest absolute Gasteiger partial charge is 0.340 e. The van der Waals surface area contributed by atoms with E-state index in [1.54, 1.807) is 10.3 Å². The smallest absolute Gasteiger partial charge is 0.273 e. The molecule has 1 heterocycles. The molecule has 22 heavy (non-hydrogen) atoms. The molecule has 0 spiro atoms. The van der Waals surface area contributed by atoms with Crippen LogP contribution in [-0.2, 0) is 13.0 Å². The van der Waals surface area contributed by atoms with Crippen LogP contribution >= 0.6 is 23.7 Å². The van der Waals surface area contributed by atoms with Gasteiger partial charge in [0, 0.05) is 25.5 Å². The van der Waals surface area contributed by atoms with Crippen molar-refractivity contribution in [2.45, 2.75) is 25.8 Å². The number of hydrogen-bond donors (Lipinski definition) is 1. The monoisotopic (exact) mass is 339 g/mol. The molecule has 1 amide bonds. The Morgan fingerprint density at radius 3 is 2.64 bits per heavy atom. The number of nitrogens with zero attached hydrogens (tertiary/aromatic N) is 2. The lowest BCUT2D eigenvalue weighted by Crippen LogP contribution is -2.28. The maximum atomic E-state index is 12.2. The third-order valence-electron chi connectivity index (χ3n) is 3.34. The van der Waals surface area contributed by atoms with Crippen molar-refractivity contribution in [3.63, 3.8) is 0 Å². The van der Waals surface area contributed by atoms with Crippen LogP contribution < -0.4 is 5.73 Å². The van der Waals surface area contributed by atoms with Crippen LogP contribution in [0, 0.1) is 0 Å². The molecular formula is C16H22ClN3OS. The Kier molecular flexibility index (Phi) is 8.09. The second-order valence-corrected chi connectivity index (χ2v) is 5.94. The van der Waals surface area contributed by atoms with Crippen LogP contribution in [0.4, 0.5) is 0 Å². The predicted molar refractivity (Wildman–Crippen MR) is 93.6 cm³/mol. The van der Waals surface area contributed by atoms with Gasteiger partial charge in [0.15, 0.2) is 0 Å². The van der Waals surface area contributed by atoms with Crippen LogP contribution in [0.2, 0.25) is 0 Å². The van der Waals surface area contributed by atoms with Gasteiger partial charge < -0.3 is 10.6 Å². The number of aryl methyl sites for hydroxylation is 1. The van der Waals surface area contributed by atoms with Crippen molar-refractivity contribution < 1.29 is 4.79 Å². The summed E-state index contributed by atoms with van der Waals surface area (Å²) in [6, 6.07) is 10.4.